The number of nitrogens with one attached hydrogen (secondary N) is 4. The van der Waals surface area contributed by atoms with Gasteiger partial charge >= 0.3 is 0 Å². The number of hydrogen-bond acceptors (Lipinski definition) is 4. The maximum absolute atomic E-state index is 12.0. The maximum atomic E-state index is 12.0. The van der Waals surface area contributed by atoms with Gasteiger partial charge in [0, 0.05) is 12.5 Å². The third kappa shape index (κ3) is 8.80. The summed E-state index contributed by atoms with van der Waals surface area (Å²) in [5.74, 6) is -1.60. The van der Waals surface area contributed by atoms with Crippen molar-refractivity contribution in [2.45, 2.75) is 72.1 Å². The van der Waals surface area contributed by atoms with Gasteiger partial charge in [-0.3, -0.25) is 19.2 Å². The first-order valence-electron chi connectivity index (χ1n) is 7.53. The molecule has 0 saturated heterocycles. The third-order valence-corrected chi connectivity index (χ3v) is 2.82. The predicted octanol–water partition coefficient (Wildman–Crippen LogP) is -0.565. The Bertz CT molecular complexity index is 471. The van der Waals surface area contributed by atoms with Gasteiger partial charge in [0.25, 0.3) is 0 Å². The van der Waals surface area contributed by atoms with Crippen LogP contribution in [0, 0.1) is 0 Å². The summed E-state index contributed by atoms with van der Waals surface area (Å²) in [6, 6.07) is -2.30. The van der Waals surface area contributed by atoms with Crippen molar-refractivity contribution in [3.05, 3.63) is 0 Å². The molecule has 0 rings (SSSR count). The Hall–Kier alpha value is -2.12. The van der Waals surface area contributed by atoms with Gasteiger partial charge in [-0.2, -0.15) is 0 Å². The minimum absolute atomic E-state index is 0.309. The van der Waals surface area contributed by atoms with Crippen molar-refractivity contribution in [1.82, 2.24) is 21.3 Å². The summed E-state index contributed by atoms with van der Waals surface area (Å²) in [7, 11) is 0. The van der Waals surface area contributed by atoms with Gasteiger partial charge in [0.05, 0.1) is 0 Å². The fourth-order valence-corrected chi connectivity index (χ4v) is 1.66. The van der Waals surface area contributed by atoms with Crippen LogP contribution >= 0.6 is 0 Å². The van der Waals surface area contributed by atoms with E-state index in [0.717, 1.165) is 0 Å². The lowest BCUT2D eigenvalue weighted by molar-refractivity contribution is -0.133. The highest BCUT2D eigenvalue weighted by Gasteiger charge is 2.24. The first-order valence-corrected chi connectivity index (χ1v) is 7.53. The summed E-state index contributed by atoms with van der Waals surface area (Å²) >= 11 is 0. The molecule has 8 nitrogen and oxygen atoms in total. The first kappa shape index (κ1) is 20.9. The van der Waals surface area contributed by atoms with E-state index < -0.39 is 35.5 Å². The number of carbonyl (C=O) groups is 4. The van der Waals surface area contributed by atoms with Crippen molar-refractivity contribution < 1.29 is 19.2 Å². The van der Waals surface area contributed by atoms with E-state index in [1.54, 1.807) is 6.92 Å². The van der Waals surface area contributed by atoms with E-state index in [1.807, 2.05) is 20.8 Å². The Kier molecular flexibility index (Phi) is 7.71. The molecular formula is C15H28N4O4. The SMILES string of the molecule is CC(=O)NC(C)C(=O)NC(C)C(=O)NC(C)C(=O)NC(C)(C)C. The summed E-state index contributed by atoms with van der Waals surface area (Å²) in [6.45, 7) is 11.4. The predicted molar refractivity (Wildman–Crippen MR) is 86.4 cm³/mol. The van der Waals surface area contributed by atoms with Gasteiger partial charge in [-0.15, -0.1) is 0 Å². The van der Waals surface area contributed by atoms with E-state index in [-0.39, 0.29) is 11.8 Å². The van der Waals surface area contributed by atoms with Gasteiger partial charge < -0.3 is 21.3 Å². The number of hydrogen-bond donors (Lipinski definition) is 4. The van der Waals surface area contributed by atoms with E-state index in [4.69, 9.17) is 0 Å². The second-order valence-corrected chi connectivity index (χ2v) is 6.62. The molecule has 3 atom stereocenters. The molecule has 0 aromatic carbocycles. The van der Waals surface area contributed by atoms with Crippen LogP contribution in [0.5, 0.6) is 0 Å². The largest absolute Gasteiger partial charge is 0.350 e. The van der Waals surface area contributed by atoms with E-state index in [0.29, 0.717) is 0 Å². The standard InChI is InChI=1S/C15H28N4O4/c1-8(16-11(4)20)12(21)17-9(2)13(22)18-10(3)14(23)19-15(5,6)7/h8-10H,1-7H3,(H,16,20)(H,17,21)(H,18,22)(H,19,23). The van der Waals surface area contributed by atoms with Gasteiger partial charge in [-0.05, 0) is 41.5 Å². The molecule has 0 aromatic heterocycles. The smallest absolute Gasteiger partial charge is 0.242 e. The van der Waals surface area contributed by atoms with Crippen molar-refractivity contribution in [3.63, 3.8) is 0 Å². The lowest BCUT2D eigenvalue weighted by atomic mass is 10.1. The molecule has 23 heavy (non-hydrogen) atoms. The molecule has 3 unspecified atom stereocenters. The van der Waals surface area contributed by atoms with Crippen LogP contribution in [0.1, 0.15) is 48.5 Å². The van der Waals surface area contributed by atoms with E-state index >= 15 is 0 Å². The van der Waals surface area contributed by atoms with Crippen LogP contribution in [0.25, 0.3) is 0 Å². The normalized spacial score (nSPS) is 14.9. The molecule has 8 heteroatoms. The fraction of sp³-hybridized carbons (Fsp3) is 0.733. The zero-order valence-corrected chi connectivity index (χ0v) is 14.9. The molecule has 0 aliphatic rings. The monoisotopic (exact) mass is 328 g/mol. The molecule has 4 N–H and O–H groups in total. The van der Waals surface area contributed by atoms with Crippen LogP contribution in [-0.2, 0) is 19.2 Å². The Morgan fingerprint density at radius 2 is 1.04 bits per heavy atom. The fourth-order valence-electron chi connectivity index (χ4n) is 1.66. The summed E-state index contributed by atoms with van der Waals surface area (Å²) in [5.41, 5.74) is -0.399. The van der Waals surface area contributed by atoms with Crippen LogP contribution < -0.4 is 21.3 Å². The Morgan fingerprint density at radius 1 is 0.696 bits per heavy atom. The van der Waals surface area contributed by atoms with E-state index in [9.17, 15) is 19.2 Å². The number of amides is 4. The highest BCUT2D eigenvalue weighted by atomic mass is 16.2. The Labute approximate surface area is 137 Å². The van der Waals surface area contributed by atoms with Crippen molar-refractivity contribution in [2.75, 3.05) is 0 Å². The highest BCUT2D eigenvalue weighted by Crippen LogP contribution is 1.99. The molecule has 0 heterocycles. The van der Waals surface area contributed by atoms with Crippen molar-refractivity contribution in [3.8, 4) is 0 Å². The van der Waals surface area contributed by atoms with E-state index in [2.05, 4.69) is 21.3 Å². The maximum Gasteiger partial charge on any atom is 0.242 e. The van der Waals surface area contributed by atoms with Gasteiger partial charge in [0.1, 0.15) is 18.1 Å². The molecule has 0 bridgehead atoms. The average Bonchev–Trinajstić information content (AvgIpc) is 2.35. The lowest BCUT2D eigenvalue weighted by Gasteiger charge is -2.24. The van der Waals surface area contributed by atoms with E-state index in [1.165, 1.54) is 20.8 Å². The van der Waals surface area contributed by atoms with Crippen molar-refractivity contribution in [2.24, 2.45) is 0 Å². The topological polar surface area (TPSA) is 116 Å². The second kappa shape index (κ2) is 8.50. The zero-order valence-electron chi connectivity index (χ0n) is 14.9. The van der Waals surface area contributed by atoms with Crippen molar-refractivity contribution in [1.29, 1.82) is 0 Å². The minimum Gasteiger partial charge on any atom is -0.350 e. The Balaban J connectivity index is 4.47. The van der Waals surface area contributed by atoms with Gasteiger partial charge in [0.15, 0.2) is 0 Å². The van der Waals surface area contributed by atoms with Crippen LogP contribution in [0.15, 0.2) is 0 Å². The molecule has 0 saturated carbocycles. The summed E-state index contributed by atoms with van der Waals surface area (Å²) < 4.78 is 0. The molecule has 132 valence electrons. The molecule has 0 aliphatic heterocycles. The molecule has 0 radical (unpaired) electrons. The highest BCUT2D eigenvalue weighted by molar-refractivity contribution is 5.93. The Morgan fingerprint density at radius 3 is 1.39 bits per heavy atom. The minimum atomic E-state index is -0.830. The van der Waals surface area contributed by atoms with Crippen LogP contribution in [0.3, 0.4) is 0 Å². The first-order chi connectivity index (χ1) is 10.3. The number of carbonyl (C=O) groups excluding carboxylic acids is 4. The van der Waals surface area contributed by atoms with Crippen molar-refractivity contribution >= 4 is 23.6 Å². The molecule has 0 aliphatic carbocycles. The third-order valence-electron chi connectivity index (χ3n) is 2.82. The average molecular weight is 328 g/mol. The molecule has 0 fully saturated rings. The molecular weight excluding hydrogens is 300 g/mol. The quantitative estimate of drug-likeness (QED) is 0.523. The number of rotatable bonds is 6. The van der Waals surface area contributed by atoms with Crippen LogP contribution in [0.2, 0.25) is 0 Å². The lowest BCUT2D eigenvalue weighted by Crippen LogP contribution is -2.56. The van der Waals surface area contributed by atoms with Gasteiger partial charge in [-0.1, -0.05) is 0 Å². The van der Waals surface area contributed by atoms with Crippen LogP contribution in [-0.4, -0.2) is 47.3 Å². The molecule has 4 amide bonds. The van der Waals surface area contributed by atoms with Gasteiger partial charge in [-0.25, -0.2) is 0 Å². The summed E-state index contributed by atoms with van der Waals surface area (Å²) in [5, 5.41) is 10.2. The van der Waals surface area contributed by atoms with Crippen LogP contribution in [0.4, 0.5) is 0 Å². The molecule has 0 aromatic rings. The van der Waals surface area contributed by atoms with Gasteiger partial charge in [0.2, 0.25) is 23.6 Å². The summed E-state index contributed by atoms with van der Waals surface area (Å²) in [6.07, 6.45) is 0. The zero-order chi connectivity index (χ0) is 18.4. The molecule has 0 spiro atoms. The summed E-state index contributed by atoms with van der Waals surface area (Å²) in [4.78, 5) is 46.6. The second-order valence-electron chi connectivity index (χ2n) is 6.62.